The van der Waals surface area contributed by atoms with Crippen LogP contribution in [0.2, 0.25) is 0 Å². The summed E-state index contributed by atoms with van der Waals surface area (Å²) in [5, 5.41) is 8.45. The molecule has 4 aromatic heterocycles. The van der Waals surface area contributed by atoms with Gasteiger partial charge in [0.05, 0.1) is 5.52 Å². The van der Waals surface area contributed by atoms with Crippen molar-refractivity contribution in [1.29, 1.82) is 0 Å². The van der Waals surface area contributed by atoms with E-state index >= 15 is 0 Å². The van der Waals surface area contributed by atoms with Crippen LogP contribution in [0.25, 0.3) is 39.3 Å². The highest BCUT2D eigenvalue weighted by Gasteiger charge is 2.22. The third-order valence-electron chi connectivity index (χ3n) is 5.88. The highest BCUT2D eigenvalue weighted by Crippen LogP contribution is 2.28. The summed E-state index contributed by atoms with van der Waals surface area (Å²) in [7, 11) is 3.39. The Hall–Kier alpha value is -4.73. The molecule has 0 amide bonds. The largest absolute Gasteiger partial charge is 0.352 e. The zero-order valence-electron chi connectivity index (χ0n) is 18.4. The van der Waals surface area contributed by atoms with Gasteiger partial charge in [0, 0.05) is 31.4 Å². The Morgan fingerprint density at radius 2 is 1.56 bits per heavy atom. The first-order valence-electron chi connectivity index (χ1n) is 10.6. The van der Waals surface area contributed by atoms with Crippen molar-refractivity contribution in [3.8, 4) is 22.5 Å². The summed E-state index contributed by atoms with van der Waals surface area (Å²) in [5.41, 5.74) is 2.75. The van der Waals surface area contributed by atoms with Gasteiger partial charge in [-0.2, -0.15) is 4.98 Å². The van der Waals surface area contributed by atoms with Crippen molar-refractivity contribution >= 4 is 16.8 Å². The van der Waals surface area contributed by atoms with Gasteiger partial charge >= 0.3 is 5.69 Å². The molecule has 168 valence electrons. The van der Waals surface area contributed by atoms with E-state index in [2.05, 4.69) is 15.2 Å². The molecule has 0 aliphatic heterocycles. The van der Waals surface area contributed by atoms with Crippen molar-refractivity contribution in [2.45, 2.75) is 6.54 Å². The minimum Gasteiger partial charge on any atom is -0.344 e. The molecule has 4 heterocycles. The fourth-order valence-corrected chi connectivity index (χ4v) is 4.23. The summed E-state index contributed by atoms with van der Waals surface area (Å²) >= 11 is 0. The Kier molecular flexibility index (Phi) is 4.34. The highest BCUT2D eigenvalue weighted by atomic mass is 16.5. The van der Waals surface area contributed by atoms with E-state index in [1.165, 1.54) is 13.6 Å². The minimum atomic E-state index is -0.404. The van der Waals surface area contributed by atoms with E-state index in [4.69, 9.17) is 4.52 Å². The molecule has 0 spiro atoms. The van der Waals surface area contributed by atoms with E-state index in [1.807, 2.05) is 66.9 Å². The second-order valence-electron chi connectivity index (χ2n) is 8.03. The Morgan fingerprint density at radius 1 is 0.882 bits per heavy atom. The van der Waals surface area contributed by atoms with Gasteiger partial charge in [0.25, 0.3) is 5.56 Å². The molecule has 0 atom stereocenters. The molecule has 2 aromatic carbocycles. The van der Waals surface area contributed by atoms with Crippen molar-refractivity contribution in [1.82, 2.24) is 33.5 Å². The molecule has 0 saturated carbocycles. The molecule has 0 fully saturated rings. The number of fused-ring (bicyclic) bond motifs is 3. The van der Waals surface area contributed by atoms with Gasteiger partial charge in [0.1, 0.15) is 12.1 Å². The topological polar surface area (TPSA) is 105 Å². The van der Waals surface area contributed by atoms with E-state index in [-0.39, 0.29) is 23.8 Å². The quantitative estimate of drug-likeness (QED) is 0.406. The van der Waals surface area contributed by atoms with Crippen molar-refractivity contribution < 1.29 is 4.52 Å². The molecule has 6 aromatic rings. The van der Waals surface area contributed by atoms with Gasteiger partial charge in [-0.15, -0.1) is 5.10 Å². The van der Waals surface area contributed by atoms with Gasteiger partial charge in [-0.1, -0.05) is 65.8 Å². The van der Waals surface area contributed by atoms with Gasteiger partial charge < -0.3 is 9.09 Å². The lowest BCUT2D eigenvalue weighted by Gasteiger charge is -2.04. The van der Waals surface area contributed by atoms with Gasteiger partial charge in [-0.3, -0.25) is 9.36 Å². The predicted octanol–water partition coefficient (Wildman–Crippen LogP) is 2.45. The summed E-state index contributed by atoms with van der Waals surface area (Å²) in [6.45, 7) is -0.0243. The van der Waals surface area contributed by atoms with Crippen LogP contribution < -0.4 is 11.2 Å². The van der Waals surface area contributed by atoms with Crippen molar-refractivity contribution in [3.63, 3.8) is 0 Å². The van der Waals surface area contributed by atoms with Crippen LogP contribution in [-0.4, -0.2) is 33.5 Å². The van der Waals surface area contributed by atoms with Crippen LogP contribution in [0.15, 0.2) is 81.0 Å². The SMILES string of the molecule is Cn1cc(-c2ccccc2)c2c1c(=O)n(C)c1nn(Cc3nc(-c4ccccc4)no3)c(=O)n21. The third kappa shape index (κ3) is 2.92. The maximum atomic E-state index is 13.5. The van der Waals surface area contributed by atoms with Crippen LogP contribution in [0.5, 0.6) is 0 Å². The summed E-state index contributed by atoms with van der Waals surface area (Å²) in [6.07, 6.45) is 1.86. The first-order valence-corrected chi connectivity index (χ1v) is 10.6. The summed E-state index contributed by atoms with van der Waals surface area (Å²) < 4.78 is 11.2. The zero-order chi connectivity index (χ0) is 23.4. The normalized spacial score (nSPS) is 11.6. The lowest BCUT2D eigenvalue weighted by molar-refractivity contribution is 0.364. The number of benzene rings is 2. The van der Waals surface area contributed by atoms with Crippen LogP contribution in [0.3, 0.4) is 0 Å². The summed E-state index contributed by atoms with van der Waals surface area (Å²) in [5.74, 6) is 0.896. The van der Waals surface area contributed by atoms with Crippen LogP contribution in [0.1, 0.15) is 5.89 Å². The number of hydrogen-bond acceptors (Lipinski definition) is 6. The molecule has 0 N–H and O–H groups in total. The molecule has 6 rings (SSSR count). The monoisotopic (exact) mass is 453 g/mol. The van der Waals surface area contributed by atoms with Gasteiger partial charge in [0.15, 0.2) is 0 Å². The lowest BCUT2D eigenvalue weighted by atomic mass is 10.1. The van der Waals surface area contributed by atoms with E-state index in [1.54, 1.807) is 18.7 Å². The molecule has 0 unspecified atom stereocenters. The number of rotatable bonds is 4. The first kappa shape index (κ1) is 19.9. The Labute approximate surface area is 191 Å². The molecular weight excluding hydrogens is 434 g/mol. The molecule has 0 aliphatic rings. The van der Waals surface area contributed by atoms with Crippen LogP contribution >= 0.6 is 0 Å². The average molecular weight is 453 g/mol. The molecule has 0 bridgehead atoms. The number of hydrogen-bond donors (Lipinski definition) is 0. The molecule has 10 heteroatoms. The second-order valence-corrected chi connectivity index (χ2v) is 8.03. The summed E-state index contributed by atoms with van der Waals surface area (Å²) in [4.78, 5) is 31.1. The third-order valence-corrected chi connectivity index (χ3v) is 5.88. The fourth-order valence-electron chi connectivity index (χ4n) is 4.23. The lowest BCUT2D eigenvalue weighted by Crippen LogP contribution is -2.25. The molecule has 0 saturated heterocycles. The summed E-state index contributed by atoms with van der Waals surface area (Å²) in [6, 6.07) is 19.0. The van der Waals surface area contributed by atoms with E-state index in [0.29, 0.717) is 16.9 Å². The standard InChI is InChI=1S/C24H19N7O3/c1-28-13-17(15-9-5-3-6-10-15)19-20(28)22(32)29(2)23-26-30(24(33)31(19)23)14-18-25-21(27-34-18)16-11-7-4-8-12-16/h3-13H,14H2,1-2H3. The molecule has 0 radical (unpaired) electrons. The predicted molar refractivity (Wildman–Crippen MR) is 125 cm³/mol. The van der Waals surface area contributed by atoms with E-state index in [0.717, 1.165) is 16.7 Å². The smallest absolute Gasteiger partial charge is 0.344 e. The first-order chi connectivity index (χ1) is 16.5. The molecule has 0 aliphatic carbocycles. The maximum Gasteiger partial charge on any atom is 0.352 e. The minimum absolute atomic E-state index is 0.0243. The Balaban J connectivity index is 1.55. The van der Waals surface area contributed by atoms with Crippen molar-refractivity contribution in [2.75, 3.05) is 0 Å². The number of aryl methyl sites for hydroxylation is 2. The maximum absolute atomic E-state index is 13.5. The van der Waals surface area contributed by atoms with Crippen LogP contribution in [-0.2, 0) is 20.6 Å². The average Bonchev–Trinajstić information content (AvgIpc) is 3.55. The van der Waals surface area contributed by atoms with E-state index < -0.39 is 5.69 Å². The molecule has 34 heavy (non-hydrogen) atoms. The highest BCUT2D eigenvalue weighted by molar-refractivity contribution is 5.94. The van der Waals surface area contributed by atoms with Gasteiger partial charge in [0.2, 0.25) is 17.5 Å². The molecular formula is C24H19N7O3. The van der Waals surface area contributed by atoms with Crippen molar-refractivity contribution in [3.05, 3.63) is 93.6 Å². The Morgan fingerprint density at radius 3 is 2.26 bits per heavy atom. The van der Waals surface area contributed by atoms with Gasteiger partial charge in [-0.25, -0.2) is 13.9 Å². The fraction of sp³-hybridized carbons (Fsp3) is 0.125. The number of nitrogens with zero attached hydrogens (tertiary/aromatic N) is 7. The van der Waals surface area contributed by atoms with Crippen LogP contribution in [0, 0.1) is 0 Å². The Bertz CT molecular complexity index is 1790. The van der Waals surface area contributed by atoms with E-state index in [9.17, 15) is 9.59 Å². The number of aromatic nitrogens is 7. The van der Waals surface area contributed by atoms with Gasteiger partial charge in [-0.05, 0) is 5.56 Å². The van der Waals surface area contributed by atoms with Crippen molar-refractivity contribution in [2.24, 2.45) is 14.1 Å². The van der Waals surface area contributed by atoms with Crippen LogP contribution in [0.4, 0.5) is 0 Å². The second kappa shape index (κ2) is 7.41. The molecule has 10 nitrogen and oxygen atoms in total. The zero-order valence-corrected chi connectivity index (χ0v) is 18.4.